The van der Waals surface area contributed by atoms with Gasteiger partial charge in [-0.2, -0.15) is 0 Å². The van der Waals surface area contributed by atoms with Crippen molar-refractivity contribution in [3.05, 3.63) is 52.9 Å². The molecule has 0 spiro atoms. The number of nitrogens with one attached hydrogen (secondary N) is 1. The average molecular weight is 474 g/mol. The van der Waals surface area contributed by atoms with Crippen LogP contribution in [0.5, 0.6) is 11.5 Å². The van der Waals surface area contributed by atoms with Gasteiger partial charge in [-0.25, -0.2) is 13.4 Å². The summed E-state index contributed by atoms with van der Waals surface area (Å²) in [6.07, 6.45) is 1.75. The zero-order chi connectivity index (χ0) is 23.0. The number of anilines is 2. The molecule has 0 aliphatic carbocycles. The Labute approximate surface area is 190 Å². The van der Waals surface area contributed by atoms with Crippen LogP contribution in [0.4, 0.5) is 10.8 Å². The lowest BCUT2D eigenvalue weighted by Gasteiger charge is -2.21. The van der Waals surface area contributed by atoms with Gasteiger partial charge in [-0.05, 0) is 55.3 Å². The third-order valence-corrected chi connectivity index (χ3v) is 7.28. The van der Waals surface area contributed by atoms with Crippen LogP contribution in [0.2, 0.25) is 0 Å². The van der Waals surface area contributed by atoms with Crippen LogP contribution in [0.3, 0.4) is 0 Å². The summed E-state index contributed by atoms with van der Waals surface area (Å²) in [4.78, 5) is 17.3. The van der Waals surface area contributed by atoms with Crippen LogP contribution < -0.4 is 19.1 Å². The van der Waals surface area contributed by atoms with Crippen molar-refractivity contribution in [3.8, 4) is 22.8 Å². The molecule has 8 nitrogen and oxygen atoms in total. The third kappa shape index (κ3) is 4.15. The van der Waals surface area contributed by atoms with Gasteiger partial charge in [-0.3, -0.25) is 14.4 Å². The summed E-state index contributed by atoms with van der Waals surface area (Å²) in [6, 6.07) is 10.4. The van der Waals surface area contributed by atoms with E-state index in [1.54, 1.807) is 38.5 Å². The van der Waals surface area contributed by atoms with E-state index in [0.29, 0.717) is 40.0 Å². The van der Waals surface area contributed by atoms with E-state index in [-0.39, 0.29) is 11.9 Å². The third-order valence-electron chi connectivity index (χ3n) is 5.26. The van der Waals surface area contributed by atoms with Crippen LogP contribution >= 0.6 is 11.3 Å². The summed E-state index contributed by atoms with van der Waals surface area (Å²) >= 11 is 1.32. The van der Waals surface area contributed by atoms with Gasteiger partial charge in [0.1, 0.15) is 0 Å². The smallest absolute Gasteiger partial charge is 0.257 e. The molecule has 32 heavy (non-hydrogen) atoms. The zero-order valence-electron chi connectivity index (χ0n) is 18.1. The number of thiazole rings is 1. The molecule has 1 aliphatic rings. The second-order valence-electron chi connectivity index (χ2n) is 7.52. The molecule has 1 unspecified atom stereocenters. The first kappa shape index (κ1) is 22.1. The van der Waals surface area contributed by atoms with Gasteiger partial charge in [0, 0.05) is 22.5 Å². The molecule has 168 valence electrons. The van der Waals surface area contributed by atoms with Gasteiger partial charge in [0.05, 0.1) is 31.9 Å². The first-order chi connectivity index (χ1) is 15.2. The van der Waals surface area contributed by atoms with Crippen molar-refractivity contribution < 1.29 is 22.7 Å². The molecule has 0 saturated carbocycles. The Bertz CT molecular complexity index is 1290. The number of carbonyl (C=O) groups excluding carboxylic acids is 1. The molecule has 2 aromatic carbocycles. The lowest BCUT2D eigenvalue weighted by molar-refractivity contribution is 0.102. The van der Waals surface area contributed by atoms with Crippen molar-refractivity contribution in [1.82, 2.24) is 4.98 Å². The Kier molecular flexibility index (Phi) is 5.83. The fraction of sp³-hybridized carbons (Fsp3) is 0.273. The molecule has 10 heteroatoms. The minimum absolute atomic E-state index is 0.179. The molecule has 2 heterocycles. The SMILES string of the molecule is COc1ccc(-c2csc(NC(=O)c3ccc4c(c3)CC(C)N4S(C)(=O)=O)n2)cc1OC. The fourth-order valence-electron chi connectivity index (χ4n) is 3.88. The summed E-state index contributed by atoms with van der Waals surface area (Å²) in [5.41, 5.74) is 3.46. The molecule has 0 fully saturated rings. The summed E-state index contributed by atoms with van der Waals surface area (Å²) in [5, 5.41) is 5.14. The number of aromatic nitrogens is 1. The Hall–Kier alpha value is -3.11. The van der Waals surface area contributed by atoms with Crippen LogP contribution in [-0.2, 0) is 16.4 Å². The van der Waals surface area contributed by atoms with Gasteiger partial charge in [0.15, 0.2) is 16.6 Å². The van der Waals surface area contributed by atoms with Gasteiger partial charge >= 0.3 is 0 Å². The molecule has 1 amide bonds. The largest absolute Gasteiger partial charge is 0.493 e. The lowest BCUT2D eigenvalue weighted by Crippen LogP contribution is -2.34. The summed E-state index contributed by atoms with van der Waals surface area (Å²) in [6.45, 7) is 1.85. The highest BCUT2D eigenvalue weighted by molar-refractivity contribution is 7.92. The van der Waals surface area contributed by atoms with Gasteiger partial charge in [0.25, 0.3) is 5.91 Å². The van der Waals surface area contributed by atoms with Crippen LogP contribution in [0, 0.1) is 0 Å². The molecule has 1 aromatic heterocycles. The van der Waals surface area contributed by atoms with E-state index in [0.717, 1.165) is 11.1 Å². The molecular weight excluding hydrogens is 450 g/mol. The predicted octanol–water partition coefficient (Wildman–Crippen LogP) is 3.79. The molecule has 0 radical (unpaired) electrons. The Morgan fingerprint density at radius 2 is 1.91 bits per heavy atom. The molecule has 1 N–H and O–H groups in total. The van der Waals surface area contributed by atoms with Gasteiger partial charge < -0.3 is 9.47 Å². The lowest BCUT2D eigenvalue weighted by atomic mass is 10.1. The Balaban J connectivity index is 1.53. The maximum atomic E-state index is 12.8. The predicted molar refractivity (Wildman–Crippen MR) is 126 cm³/mol. The molecule has 3 aromatic rings. The maximum absolute atomic E-state index is 12.8. The number of nitrogens with zero attached hydrogens (tertiary/aromatic N) is 2. The molecule has 0 saturated heterocycles. The number of methoxy groups -OCH3 is 2. The molecule has 1 atom stereocenters. The average Bonchev–Trinajstić information content (AvgIpc) is 3.35. The van der Waals surface area contributed by atoms with Crippen LogP contribution in [-0.4, -0.2) is 45.8 Å². The van der Waals surface area contributed by atoms with Gasteiger partial charge in [-0.15, -0.1) is 11.3 Å². The summed E-state index contributed by atoms with van der Waals surface area (Å²) in [7, 11) is -0.226. The Morgan fingerprint density at radius 3 is 2.59 bits per heavy atom. The van der Waals surface area contributed by atoms with E-state index in [2.05, 4.69) is 10.3 Å². The first-order valence-electron chi connectivity index (χ1n) is 9.83. The fourth-order valence-corrected chi connectivity index (χ4v) is 5.86. The highest BCUT2D eigenvalue weighted by atomic mass is 32.2. The Morgan fingerprint density at radius 1 is 1.16 bits per heavy atom. The van der Waals surface area contributed by atoms with Crippen molar-refractivity contribution in [3.63, 3.8) is 0 Å². The van der Waals surface area contributed by atoms with E-state index in [9.17, 15) is 13.2 Å². The summed E-state index contributed by atoms with van der Waals surface area (Å²) in [5.74, 6) is 0.922. The van der Waals surface area contributed by atoms with Crippen molar-refractivity contribution in [2.45, 2.75) is 19.4 Å². The number of ether oxygens (including phenoxy) is 2. The topological polar surface area (TPSA) is 97.8 Å². The van der Waals surface area contributed by atoms with Crippen LogP contribution in [0.25, 0.3) is 11.3 Å². The molecule has 1 aliphatic heterocycles. The van der Waals surface area contributed by atoms with E-state index in [1.807, 2.05) is 24.4 Å². The highest BCUT2D eigenvalue weighted by Gasteiger charge is 2.32. The number of fused-ring (bicyclic) bond motifs is 1. The van der Waals surface area contributed by atoms with E-state index < -0.39 is 10.0 Å². The number of hydrogen-bond acceptors (Lipinski definition) is 7. The molecular formula is C22H23N3O5S2. The van der Waals surface area contributed by atoms with Crippen molar-refractivity contribution >= 4 is 38.1 Å². The van der Waals surface area contributed by atoms with Crippen molar-refractivity contribution in [2.75, 3.05) is 30.1 Å². The van der Waals surface area contributed by atoms with Crippen LogP contribution in [0.15, 0.2) is 41.8 Å². The number of rotatable bonds is 6. The minimum Gasteiger partial charge on any atom is -0.493 e. The van der Waals surface area contributed by atoms with E-state index >= 15 is 0 Å². The van der Waals surface area contributed by atoms with Crippen molar-refractivity contribution in [2.24, 2.45) is 0 Å². The number of benzene rings is 2. The number of amides is 1. The quantitative estimate of drug-likeness (QED) is 0.585. The number of sulfonamides is 1. The number of hydrogen-bond donors (Lipinski definition) is 1. The minimum atomic E-state index is -3.37. The summed E-state index contributed by atoms with van der Waals surface area (Å²) < 4.78 is 36.2. The molecule has 4 rings (SSSR count). The normalized spacial score (nSPS) is 15.4. The second kappa shape index (κ2) is 8.44. The number of carbonyl (C=O) groups is 1. The van der Waals surface area contributed by atoms with Gasteiger partial charge in [0.2, 0.25) is 10.0 Å². The zero-order valence-corrected chi connectivity index (χ0v) is 19.7. The van der Waals surface area contributed by atoms with Gasteiger partial charge in [-0.1, -0.05) is 0 Å². The van der Waals surface area contributed by atoms with E-state index in [4.69, 9.17) is 9.47 Å². The highest BCUT2D eigenvalue weighted by Crippen LogP contribution is 2.36. The van der Waals surface area contributed by atoms with E-state index in [1.165, 1.54) is 21.9 Å². The molecule has 0 bridgehead atoms. The maximum Gasteiger partial charge on any atom is 0.257 e. The first-order valence-corrected chi connectivity index (χ1v) is 12.6. The standard InChI is InChI=1S/C22H23N3O5S2/c1-13-9-16-10-15(5-7-18(16)25(13)32(4,27)28)21(26)24-22-23-17(12-31-22)14-6-8-19(29-2)20(11-14)30-3/h5-8,10-13H,9H2,1-4H3,(H,23,24,26). The van der Waals surface area contributed by atoms with Crippen LogP contribution in [0.1, 0.15) is 22.8 Å². The monoisotopic (exact) mass is 473 g/mol. The van der Waals surface area contributed by atoms with Crippen molar-refractivity contribution in [1.29, 1.82) is 0 Å². The second-order valence-corrected chi connectivity index (χ2v) is 10.2.